The minimum atomic E-state index is -1.40. The van der Waals surface area contributed by atoms with E-state index >= 15 is 0 Å². The summed E-state index contributed by atoms with van der Waals surface area (Å²) in [6.07, 6.45) is -0.235. The molecule has 0 aromatic heterocycles. The number of ether oxygens (including phenoxy) is 3. The third-order valence-corrected chi connectivity index (χ3v) is 6.52. The highest BCUT2D eigenvalue weighted by molar-refractivity contribution is 9.10. The second kappa shape index (κ2) is 11.1. The molecule has 0 saturated heterocycles. The Morgan fingerprint density at radius 1 is 1.08 bits per heavy atom. The van der Waals surface area contributed by atoms with Crippen molar-refractivity contribution in [2.45, 2.75) is 25.0 Å². The van der Waals surface area contributed by atoms with Crippen LogP contribution in [0.2, 0.25) is 5.02 Å². The van der Waals surface area contributed by atoms with E-state index in [0.29, 0.717) is 46.7 Å². The molecule has 0 aliphatic carbocycles. The molecule has 1 heterocycles. The summed E-state index contributed by atoms with van der Waals surface area (Å²) in [5, 5.41) is 0.556. The third kappa shape index (κ3) is 6.25. The Morgan fingerprint density at radius 2 is 1.72 bits per heavy atom. The van der Waals surface area contributed by atoms with Gasteiger partial charge in [0.25, 0.3) is 5.91 Å². The molecule has 1 amide bonds. The number of ketones is 1. The van der Waals surface area contributed by atoms with E-state index < -0.39 is 11.5 Å². The van der Waals surface area contributed by atoms with Gasteiger partial charge in [-0.2, -0.15) is 0 Å². The Kier molecular flexibility index (Phi) is 7.96. The number of nitrogens with zero attached hydrogens (tertiary/aromatic N) is 1. The van der Waals surface area contributed by atoms with Crippen LogP contribution in [0.5, 0.6) is 11.5 Å². The van der Waals surface area contributed by atoms with Gasteiger partial charge in [0.15, 0.2) is 23.4 Å². The molecule has 3 aromatic carbocycles. The molecule has 0 radical (unpaired) electrons. The van der Waals surface area contributed by atoms with Gasteiger partial charge in [-0.15, -0.1) is 0 Å². The highest BCUT2D eigenvalue weighted by Gasteiger charge is 2.38. The van der Waals surface area contributed by atoms with E-state index in [1.165, 1.54) is 0 Å². The van der Waals surface area contributed by atoms with E-state index in [-0.39, 0.29) is 18.3 Å². The van der Waals surface area contributed by atoms with Crippen molar-refractivity contribution in [2.24, 2.45) is 10.7 Å². The molecule has 186 valence electrons. The van der Waals surface area contributed by atoms with Gasteiger partial charge in [0.1, 0.15) is 18.1 Å². The van der Waals surface area contributed by atoms with E-state index in [9.17, 15) is 9.59 Å². The Hall–Kier alpha value is -3.36. The molecular weight excluding hydrogens is 548 g/mol. The first-order valence-corrected chi connectivity index (χ1v) is 12.4. The topological polar surface area (TPSA) is 100 Å². The number of hydrogen-bond acceptors (Lipinski definition) is 6. The van der Waals surface area contributed by atoms with Crippen molar-refractivity contribution in [1.82, 2.24) is 0 Å². The summed E-state index contributed by atoms with van der Waals surface area (Å²) in [5.41, 5.74) is 5.27. The number of benzene rings is 3. The van der Waals surface area contributed by atoms with Gasteiger partial charge in [0, 0.05) is 16.1 Å². The summed E-state index contributed by atoms with van der Waals surface area (Å²) in [6.45, 7) is 2.28. The van der Waals surface area contributed by atoms with Crippen molar-refractivity contribution in [3.63, 3.8) is 0 Å². The van der Waals surface area contributed by atoms with Crippen molar-refractivity contribution >= 4 is 45.1 Å². The average molecular weight is 572 g/mol. The molecule has 1 aliphatic rings. The van der Waals surface area contributed by atoms with Gasteiger partial charge >= 0.3 is 0 Å². The molecule has 2 N–H and O–H groups in total. The molecule has 2 unspecified atom stereocenters. The van der Waals surface area contributed by atoms with Crippen LogP contribution in [0.3, 0.4) is 0 Å². The summed E-state index contributed by atoms with van der Waals surface area (Å²) in [7, 11) is 0. The number of aliphatic imine (C=N–C) groups is 1. The van der Waals surface area contributed by atoms with Crippen molar-refractivity contribution in [1.29, 1.82) is 0 Å². The van der Waals surface area contributed by atoms with Crippen LogP contribution in [0.4, 0.5) is 0 Å². The summed E-state index contributed by atoms with van der Waals surface area (Å²) in [4.78, 5) is 29.4. The lowest BCUT2D eigenvalue weighted by Crippen LogP contribution is -2.48. The maximum atomic E-state index is 12.7. The van der Waals surface area contributed by atoms with Gasteiger partial charge in [-0.05, 0) is 83.5 Å². The van der Waals surface area contributed by atoms with Gasteiger partial charge in [-0.3, -0.25) is 14.6 Å². The fraction of sp³-hybridized carbons (Fsp3) is 0.222. The number of amides is 1. The van der Waals surface area contributed by atoms with Crippen LogP contribution in [0, 0.1) is 0 Å². The molecule has 3 aromatic rings. The van der Waals surface area contributed by atoms with E-state index in [1.807, 2.05) is 24.3 Å². The molecule has 0 fully saturated rings. The monoisotopic (exact) mass is 570 g/mol. The lowest BCUT2D eigenvalue weighted by Gasteiger charge is -2.27. The van der Waals surface area contributed by atoms with Gasteiger partial charge in [0.2, 0.25) is 0 Å². The Labute approximate surface area is 222 Å². The van der Waals surface area contributed by atoms with Crippen LogP contribution in [-0.2, 0) is 9.53 Å². The summed E-state index contributed by atoms with van der Waals surface area (Å²) in [5.74, 6) is 0.643. The highest BCUT2D eigenvalue weighted by Crippen LogP contribution is 2.27. The average Bonchev–Trinajstić information content (AvgIpc) is 3.31. The lowest BCUT2D eigenvalue weighted by molar-refractivity contribution is -0.131. The first-order chi connectivity index (χ1) is 17.2. The number of carbonyl (C=O) groups excluding carboxylic acids is 2. The van der Waals surface area contributed by atoms with Crippen molar-refractivity contribution < 1.29 is 23.8 Å². The summed E-state index contributed by atoms with van der Waals surface area (Å²) in [6, 6.07) is 20.7. The molecule has 7 nitrogen and oxygen atoms in total. The third-order valence-electron chi connectivity index (χ3n) is 5.61. The largest absolute Gasteiger partial charge is 0.488 e. The van der Waals surface area contributed by atoms with Crippen molar-refractivity contribution in [3.05, 3.63) is 93.4 Å². The molecule has 36 heavy (non-hydrogen) atoms. The zero-order valence-electron chi connectivity index (χ0n) is 19.4. The first kappa shape index (κ1) is 25.7. The van der Waals surface area contributed by atoms with Crippen LogP contribution >= 0.6 is 27.5 Å². The van der Waals surface area contributed by atoms with Gasteiger partial charge in [-0.1, -0.05) is 23.7 Å². The number of halogens is 2. The summed E-state index contributed by atoms with van der Waals surface area (Å²) < 4.78 is 18.5. The second-order valence-corrected chi connectivity index (χ2v) is 9.74. The number of nitrogens with two attached hydrogens (primary N) is 1. The van der Waals surface area contributed by atoms with Crippen LogP contribution < -0.4 is 15.2 Å². The fourth-order valence-corrected chi connectivity index (χ4v) is 4.09. The number of hydrogen-bond donors (Lipinski definition) is 1. The molecule has 9 heteroatoms. The quantitative estimate of drug-likeness (QED) is 0.336. The van der Waals surface area contributed by atoms with Crippen LogP contribution in [0.15, 0.2) is 82.3 Å². The van der Waals surface area contributed by atoms with E-state index in [1.54, 1.807) is 55.5 Å². The summed E-state index contributed by atoms with van der Waals surface area (Å²) >= 11 is 9.34. The molecular formula is C27H24BrClN2O5. The van der Waals surface area contributed by atoms with Gasteiger partial charge < -0.3 is 19.9 Å². The number of primary amides is 1. The minimum Gasteiger partial charge on any atom is -0.488 e. The van der Waals surface area contributed by atoms with Gasteiger partial charge in [-0.25, -0.2) is 0 Å². The zero-order chi connectivity index (χ0) is 25.7. The zero-order valence-corrected chi connectivity index (χ0v) is 21.8. The number of rotatable bonds is 10. The number of para-hydroxylation sites is 1. The maximum Gasteiger partial charge on any atom is 0.261 e. The molecule has 4 rings (SSSR count). The highest BCUT2D eigenvalue weighted by atomic mass is 79.9. The normalized spacial score (nSPS) is 16.4. The lowest BCUT2D eigenvalue weighted by atomic mass is 10.0. The molecule has 0 spiro atoms. The maximum absolute atomic E-state index is 12.7. The van der Waals surface area contributed by atoms with Crippen LogP contribution in [0.25, 0.3) is 0 Å². The van der Waals surface area contributed by atoms with E-state index in [0.717, 1.165) is 4.47 Å². The standard InChI is InChI=1S/C27H24BrClN2O5/c1-27(26(30)33,14-24-31-15-21(35-24)16-34-23-5-3-2-4-22(23)28)36-20-12-8-18(9-13-20)25(32)17-6-10-19(29)11-7-17/h2-13,21H,14-16H2,1H3,(H2,30,33). The van der Waals surface area contributed by atoms with Crippen molar-refractivity contribution in [2.75, 3.05) is 13.2 Å². The number of carbonyl (C=O) groups is 2. The van der Waals surface area contributed by atoms with Crippen LogP contribution in [-0.4, -0.2) is 42.4 Å². The van der Waals surface area contributed by atoms with Gasteiger partial charge in [0.05, 0.1) is 17.4 Å². The minimum absolute atomic E-state index is 0.0549. The molecule has 0 bridgehead atoms. The van der Waals surface area contributed by atoms with Crippen molar-refractivity contribution in [3.8, 4) is 11.5 Å². The second-order valence-electron chi connectivity index (χ2n) is 8.45. The SMILES string of the molecule is CC(CC1=NCC(COc2ccccc2Br)O1)(Oc1ccc(C(=O)c2ccc(Cl)cc2)cc1)C(N)=O. The molecule has 0 saturated carbocycles. The molecule has 2 atom stereocenters. The Bertz CT molecular complexity index is 1280. The van der Waals surface area contributed by atoms with E-state index in [4.69, 9.17) is 31.5 Å². The smallest absolute Gasteiger partial charge is 0.261 e. The predicted molar refractivity (Wildman–Crippen MR) is 141 cm³/mol. The van der Waals surface area contributed by atoms with Crippen LogP contribution in [0.1, 0.15) is 29.3 Å². The fourth-order valence-electron chi connectivity index (χ4n) is 3.56. The predicted octanol–water partition coefficient (Wildman–Crippen LogP) is 5.22. The Balaban J connectivity index is 1.36. The molecule has 1 aliphatic heterocycles. The Morgan fingerprint density at radius 3 is 2.36 bits per heavy atom. The first-order valence-electron chi connectivity index (χ1n) is 11.2. The van der Waals surface area contributed by atoms with E-state index in [2.05, 4.69) is 20.9 Å².